The molecule has 4 aromatic rings. The van der Waals surface area contributed by atoms with Gasteiger partial charge in [-0.1, -0.05) is 12.1 Å². The van der Waals surface area contributed by atoms with Gasteiger partial charge in [-0.15, -0.1) is 11.3 Å². The average Bonchev–Trinajstić information content (AvgIpc) is 3.14. The van der Waals surface area contributed by atoms with Crippen molar-refractivity contribution in [2.75, 3.05) is 7.11 Å². The van der Waals surface area contributed by atoms with Crippen molar-refractivity contribution in [2.45, 2.75) is 0 Å². The third kappa shape index (κ3) is 3.23. The lowest BCUT2D eigenvalue weighted by molar-refractivity contribution is -0.385. The Hall–Kier alpha value is -3.59. The highest BCUT2D eigenvalue weighted by Gasteiger charge is 2.21. The van der Waals surface area contributed by atoms with E-state index in [0.717, 1.165) is 11.1 Å². The minimum atomic E-state index is -0.551. The molecule has 4 rings (SSSR count). The fourth-order valence-electron chi connectivity index (χ4n) is 2.72. The quantitative estimate of drug-likeness (QED) is 0.339. The van der Waals surface area contributed by atoms with Crippen LogP contribution < -0.4 is 9.47 Å². The Morgan fingerprint density at radius 1 is 1.14 bits per heavy atom. The van der Waals surface area contributed by atoms with Gasteiger partial charge in [0, 0.05) is 10.9 Å². The van der Waals surface area contributed by atoms with E-state index < -0.39 is 4.92 Å². The van der Waals surface area contributed by atoms with Crippen molar-refractivity contribution in [3.63, 3.8) is 0 Å². The van der Waals surface area contributed by atoms with E-state index in [0.29, 0.717) is 16.0 Å². The third-order valence-corrected chi connectivity index (χ3v) is 4.95. The Balaban J connectivity index is 1.83. The molecule has 0 atom stereocenters. The number of ether oxygens (including phenoxy) is 2. The second kappa shape index (κ2) is 7.20. The van der Waals surface area contributed by atoms with Crippen molar-refractivity contribution in [1.82, 2.24) is 9.97 Å². The van der Waals surface area contributed by atoms with E-state index >= 15 is 0 Å². The Morgan fingerprint density at radius 3 is 2.64 bits per heavy atom. The minimum Gasteiger partial charge on any atom is -0.496 e. The van der Waals surface area contributed by atoms with Crippen LogP contribution in [0.3, 0.4) is 0 Å². The fraction of sp³-hybridized carbons (Fsp3) is 0.0526. The lowest BCUT2D eigenvalue weighted by Gasteiger charge is -2.09. The first kappa shape index (κ1) is 17.8. The fourth-order valence-corrected chi connectivity index (χ4v) is 3.63. The zero-order valence-corrected chi connectivity index (χ0v) is 15.3. The van der Waals surface area contributed by atoms with Crippen molar-refractivity contribution in [3.05, 3.63) is 70.1 Å². The zero-order valence-electron chi connectivity index (χ0n) is 14.5. The first-order valence-electron chi connectivity index (χ1n) is 8.05. The Bertz CT molecular complexity index is 1180. The number of nitro groups is 1. The second-order valence-corrected chi connectivity index (χ2v) is 6.57. The number of methoxy groups -OCH3 is 1. The van der Waals surface area contributed by atoms with Gasteiger partial charge in [-0.05, 0) is 29.8 Å². The molecular formula is C19H12FN3O4S. The number of rotatable bonds is 5. The van der Waals surface area contributed by atoms with Crippen LogP contribution in [0.5, 0.6) is 17.4 Å². The summed E-state index contributed by atoms with van der Waals surface area (Å²) in [4.78, 5) is 19.9. The third-order valence-electron chi connectivity index (χ3n) is 4.06. The van der Waals surface area contributed by atoms with Crippen LogP contribution in [-0.4, -0.2) is 22.0 Å². The summed E-state index contributed by atoms with van der Waals surface area (Å²) < 4.78 is 24.1. The smallest absolute Gasteiger partial charge is 0.315 e. The van der Waals surface area contributed by atoms with Crippen LogP contribution in [0.15, 0.2) is 54.2 Å². The maximum absolute atomic E-state index is 13.3. The molecule has 140 valence electrons. The van der Waals surface area contributed by atoms with Crippen LogP contribution in [0.1, 0.15) is 0 Å². The van der Waals surface area contributed by atoms with Gasteiger partial charge in [0.25, 0.3) is 0 Å². The largest absolute Gasteiger partial charge is 0.496 e. The number of nitrogens with zero attached hydrogens (tertiary/aromatic N) is 3. The molecule has 0 spiro atoms. The molecule has 2 heterocycles. The van der Waals surface area contributed by atoms with Gasteiger partial charge in [-0.2, -0.15) is 0 Å². The van der Waals surface area contributed by atoms with Gasteiger partial charge >= 0.3 is 5.69 Å². The minimum absolute atomic E-state index is 0.0297. The maximum atomic E-state index is 13.3. The van der Waals surface area contributed by atoms with Gasteiger partial charge in [0.15, 0.2) is 0 Å². The number of halogens is 1. The lowest BCUT2D eigenvalue weighted by Crippen LogP contribution is -1.96. The molecule has 9 heteroatoms. The topological polar surface area (TPSA) is 87.4 Å². The average molecular weight is 397 g/mol. The van der Waals surface area contributed by atoms with Crippen LogP contribution in [0.25, 0.3) is 21.3 Å². The number of fused-ring (bicyclic) bond motifs is 1. The summed E-state index contributed by atoms with van der Waals surface area (Å²) in [5.41, 5.74) is 1.27. The number of thiophene rings is 1. The maximum Gasteiger partial charge on any atom is 0.315 e. The zero-order chi connectivity index (χ0) is 19.7. The molecule has 0 N–H and O–H groups in total. The van der Waals surface area contributed by atoms with Gasteiger partial charge in [-0.3, -0.25) is 10.1 Å². The molecule has 0 aliphatic rings. The molecule has 0 unspecified atom stereocenters. The molecule has 28 heavy (non-hydrogen) atoms. The second-order valence-electron chi connectivity index (χ2n) is 5.71. The van der Waals surface area contributed by atoms with E-state index in [9.17, 15) is 14.5 Å². The monoisotopic (exact) mass is 397 g/mol. The molecule has 0 radical (unpaired) electrons. The number of aromatic nitrogens is 2. The van der Waals surface area contributed by atoms with Crippen LogP contribution in [0, 0.1) is 15.9 Å². The summed E-state index contributed by atoms with van der Waals surface area (Å²) in [6, 6.07) is 10.3. The Morgan fingerprint density at radius 2 is 1.93 bits per heavy atom. The summed E-state index contributed by atoms with van der Waals surface area (Å²) in [7, 11) is 1.42. The molecule has 0 fully saturated rings. The Kier molecular flexibility index (Phi) is 4.58. The number of benzene rings is 2. The number of hydrogen-bond acceptors (Lipinski definition) is 7. The standard InChI is InChI=1S/C19H12FN3O4S/c1-26-13-6-7-16(15(8-13)23(24)25)27-18-17-14(9-28-19(17)22-10-21-18)11-2-4-12(20)5-3-11/h2-10H,1H3. The summed E-state index contributed by atoms with van der Waals surface area (Å²) in [5.74, 6) is 0.209. The van der Waals surface area contributed by atoms with Crippen molar-refractivity contribution in [1.29, 1.82) is 0 Å². The van der Waals surface area contributed by atoms with Gasteiger partial charge in [0.05, 0.1) is 23.5 Å². The number of hydrogen-bond donors (Lipinski definition) is 0. The van der Waals surface area contributed by atoms with Crippen molar-refractivity contribution < 1.29 is 18.8 Å². The SMILES string of the molecule is COc1ccc(Oc2ncnc3scc(-c4ccc(F)cc4)c23)c([N+](=O)[O-])c1. The summed E-state index contributed by atoms with van der Waals surface area (Å²) in [6.07, 6.45) is 1.33. The molecule has 2 aromatic heterocycles. The van der Waals surface area contributed by atoms with Gasteiger partial charge in [0.1, 0.15) is 22.7 Å². The number of nitro benzene ring substituents is 1. The van der Waals surface area contributed by atoms with E-state index in [1.807, 2.05) is 5.38 Å². The van der Waals surface area contributed by atoms with E-state index in [2.05, 4.69) is 9.97 Å². The first-order chi connectivity index (χ1) is 13.6. The van der Waals surface area contributed by atoms with Gasteiger partial charge in [0.2, 0.25) is 11.6 Å². The normalized spacial score (nSPS) is 10.8. The summed E-state index contributed by atoms with van der Waals surface area (Å²) >= 11 is 1.38. The van der Waals surface area contributed by atoms with Crippen LogP contribution in [0.2, 0.25) is 0 Å². The molecule has 7 nitrogen and oxygen atoms in total. The summed E-state index contributed by atoms with van der Waals surface area (Å²) in [6.45, 7) is 0. The Labute approximate surface area is 162 Å². The van der Waals surface area contributed by atoms with E-state index in [1.165, 1.54) is 49.0 Å². The predicted octanol–water partition coefficient (Wildman–Crippen LogP) is 5.21. The molecule has 0 aliphatic heterocycles. The molecule has 0 amide bonds. The highest BCUT2D eigenvalue weighted by atomic mass is 32.1. The van der Waals surface area contributed by atoms with E-state index in [4.69, 9.17) is 9.47 Å². The molecule has 2 aromatic carbocycles. The van der Waals surface area contributed by atoms with Crippen molar-refractivity contribution >= 4 is 27.2 Å². The van der Waals surface area contributed by atoms with Crippen molar-refractivity contribution in [3.8, 4) is 28.5 Å². The molecule has 0 saturated carbocycles. The molecule has 0 saturated heterocycles. The predicted molar refractivity (Wildman–Crippen MR) is 103 cm³/mol. The van der Waals surface area contributed by atoms with Crippen LogP contribution in [0.4, 0.5) is 10.1 Å². The van der Waals surface area contributed by atoms with E-state index in [-0.39, 0.29) is 23.1 Å². The highest BCUT2D eigenvalue weighted by molar-refractivity contribution is 7.17. The molecule has 0 aliphatic carbocycles. The van der Waals surface area contributed by atoms with Gasteiger partial charge in [-0.25, -0.2) is 14.4 Å². The van der Waals surface area contributed by atoms with E-state index in [1.54, 1.807) is 18.2 Å². The summed E-state index contributed by atoms with van der Waals surface area (Å²) in [5, 5.41) is 13.9. The van der Waals surface area contributed by atoms with Gasteiger partial charge < -0.3 is 9.47 Å². The first-order valence-corrected chi connectivity index (χ1v) is 8.93. The van der Waals surface area contributed by atoms with Crippen LogP contribution in [-0.2, 0) is 0 Å². The molecular weight excluding hydrogens is 385 g/mol. The lowest BCUT2D eigenvalue weighted by atomic mass is 10.1. The van der Waals surface area contributed by atoms with Crippen molar-refractivity contribution in [2.24, 2.45) is 0 Å². The molecule has 0 bridgehead atoms. The highest BCUT2D eigenvalue weighted by Crippen LogP contribution is 2.41. The van der Waals surface area contributed by atoms with Crippen LogP contribution >= 0.6 is 11.3 Å².